The number of carbonyl (C=O) groups excluding carboxylic acids is 1. The van der Waals surface area contributed by atoms with Crippen LogP contribution in [-0.2, 0) is 11.4 Å². The van der Waals surface area contributed by atoms with Crippen LogP contribution in [0.4, 0.5) is 5.82 Å². The zero-order valence-corrected chi connectivity index (χ0v) is 21.8. The highest BCUT2D eigenvalue weighted by Gasteiger charge is 2.27. The molecule has 1 aliphatic heterocycles. The SMILES string of the molecule is C=CC(=O)N1CCC[C@@H](n2nc(C#CCOc3cc(OCc4ccccc4)ccc3C#N)c3c(N)ncnc32)C1. The van der Waals surface area contributed by atoms with E-state index in [-0.39, 0.29) is 24.4 Å². The summed E-state index contributed by atoms with van der Waals surface area (Å²) < 4.78 is 13.5. The molecule has 10 nitrogen and oxygen atoms in total. The number of ether oxygens (including phenoxy) is 2. The minimum Gasteiger partial charge on any atom is -0.489 e. The fourth-order valence-corrected chi connectivity index (χ4v) is 4.60. The highest BCUT2D eigenvalue weighted by Crippen LogP contribution is 2.29. The number of nitriles is 1. The van der Waals surface area contributed by atoms with Crippen LogP contribution in [0.1, 0.15) is 35.7 Å². The highest BCUT2D eigenvalue weighted by molar-refractivity contribution is 5.90. The molecule has 0 unspecified atom stereocenters. The van der Waals surface area contributed by atoms with Gasteiger partial charge in [-0.2, -0.15) is 10.4 Å². The van der Waals surface area contributed by atoms with Crippen LogP contribution in [-0.4, -0.2) is 50.3 Å². The highest BCUT2D eigenvalue weighted by atomic mass is 16.5. The summed E-state index contributed by atoms with van der Waals surface area (Å²) >= 11 is 0. The molecule has 4 aromatic rings. The van der Waals surface area contributed by atoms with E-state index in [1.54, 1.807) is 27.8 Å². The third kappa shape index (κ3) is 5.71. The van der Waals surface area contributed by atoms with Crippen molar-refractivity contribution < 1.29 is 14.3 Å². The van der Waals surface area contributed by atoms with Crippen LogP contribution >= 0.6 is 0 Å². The standard InChI is InChI=1S/C30H27N7O3/c1-2-27(38)36-14-6-10-23(18-36)37-30-28(29(32)33-20-34-30)25(35-37)11-7-15-39-26-16-24(13-12-22(26)17-31)40-19-21-8-4-3-5-9-21/h2-5,8-9,12-13,16,20,23H,1,6,10,14-15,18-19H2,(H2,32,33,34)/t23-/m1/s1. The van der Waals surface area contributed by atoms with Crippen molar-refractivity contribution in [2.24, 2.45) is 0 Å². The fraction of sp³-hybridized carbons (Fsp3) is 0.233. The van der Waals surface area contributed by atoms with Gasteiger partial charge in [0.1, 0.15) is 48.6 Å². The number of fused-ring (bicyclic) bond motifs is 1. The molecule has 2 aromatic heterocycles. The monoisotopic (exact) mass is 533 g/mol. The number of rotatable bonds is 7. The minimum absolute atomic E-state index is 0.00378. The van der Waals surface area contributed by atoms with E-state index in [1.807, 2.05) is 30.3 Å². The number of hydrogen-bond acceptors (Lipinski definition) is 8. The van der Waals surface area contributed by atoms with Gasteiger partial charge < -0.3 is 20.1 Å². The Morgan fingerprint density at radius 3 is 2.85 bits per heavy atom. The van der Waals surface area contributed by atoms with Crippen LogP contribution < -0.4 is 15.2 Å². The molecule has 0 radical (unpaired) electrons. The topological polar surface area (TPSA) is 132 Å². The van der Waals surface area contributed by atoms with Crippen LogP contribution in [0.5, 0.6) is 11.5 Å². The van der Waals surface area contributed by atoms with Gasteiger partial charge in [0.05, 0.1) is 17.0 Å². The van der Waals surface area contributed by atoms with Crippen molar-refractivity contribution in [2.45, 2.75) is 25.5 Å². The van der Waals surface area contributed by atoms with E-state index in [0.717, 1.165) is 18.4 Å². The predicted octanol–water partition coefficient (Wildman–Crippen LogP) is 3.64. The Bertz CT molecular complexity index is 1650. The third-order valence-electron chi connectivity index (χ3n) is 6.58. The number of piperidine rings is 1. The maximum atomic E-state index is 12.2. The summed E-state index contributed by atoms with van der Waals surface area (Å²) in [6.07, 6.45) is 4.37. The molecule has 0 aliphatic carbocycles. The van der Waals surface area contributed by atoms with Crippen LogP contribution in [0, 0.1) is 23.2 Å². The first-order chi connectivity index (χ1) is 19.6. The van der Waals surface area contributed by atoms with Crippen molar-refractivity contribution in [3.63, 3.8) is 0 Å². The fourth-order valence-electron chi connectivity index (χ4n) is 4.60. The second-order valence-electron chi connectivity index (χ2n) is 9.17. The van der Waals surface area contributed by atoms with Crippen molar-refractivity contribution in [1.29, 1.82) is 5.26 Å². The van der Waals surface area contributed by atoms with Crippen LogP contribution in [0.2, 0.25) is 0 Å². The normalized spacial score (nSPS) is 14.6. The Morgan fingerprint density at radius 1 is 1.20 bits per heavy atom. The summed E-state index contributed by atoms with van der Waals surface area (Å²) in [7, 11) is 0. The largest absolute Gasteiger partial charge is 0.489 e. The average molecular weight is 534 g/mol. The number of hydrogen-bond donors (Lipinski definition) is 1. The van der Waals surface area contributed by atoms with Crippen molar-refractivity contribution in [1.82, 2.24) is 24.6 Å². The number of nitrogen functional groups attached to an aromatic ring is 1. The summed E-state index contributed by atoms with van der Waals surface area (Å²) in [5, 5.41) is 14.8. The molecule has 1 fully saturated rings. The maximum absolute atomic E-state index is 12.2. The van der Waals surface area contributed by atoms with Gasteiger partial charge in [-0.3, -0.25) is 4.79 Å². The zero-order chi connectivity index (χ0) is 27.9. The predicted molar refractivity (Wildman–Crippen MR) is 149 cm³/mol. The van der Waals surface area contributed by atoms with E-state index < -0.39 is 0 Å². The number of benzene rings is 2. The van der Waals surface area contributed by atoms with E-state index in [4.69, 9.17) is 20.3 Å². The molecule has 0 bridgehead atoms. The molecule has 2 N–H and O–H groups in total. The summed E-state index contributed by atoms with van der Waals surface area (Å²) in [4.78, 5) is 22.5. The van der Waals surface area contributed by atoms with Crippen LogP contribution in [0.15, 0.2) is 67.5 Å². The molecule has 0 saturated carbocycles. The van der Waals surface area contributed by atoms with Gasteiger partial charge in [-0.1, -0.05) is 42.8 Å². The molecular weight excluding hydrogens is 506 g/mol. The van der Waals surface area contributed by atoms with Gasteiger partial charge in [-0.15, -0.1) is 0 Å². The Labute approximate surface area is 231 Å². The second kappa shape index (κ2) is 12.0. The van der Waals surface area contributed by atoms with E-state index >= 15 is 0 Å². The lowest BCUT2D eigenvalue weighted by Crippen LogP contribution is -2.40. The molecule has 1 amide bonds. The van der Waals surface area contributed by atoms with Gasteiger partial charge in [0.2, 0.25) is 5.91 Å². The molecular formula is C30H27N7O3. The lowest BCUT2D eigenvalue weighted by Gasteiger charge is -2.32. The van der Waals surface area contributed by atoms with Crippen LogP contribution in [0.3, 0.4) is 0 Å². The minimum atomic E-state index is -0.112. The average Bonchev–Trinajstić information content (AvgIpc) is 3.38. The van der Waals surface area contributed by atoms with E-state index in [1.165, 1.54) is 12.4 Å². The van der Waals surface area contributed by atoms with Crippen molar-refractivity contribution in [2.75, 3.05) is 25.4 Å². The number of likely N-dealkylation sites (tertiary alicyclic amines) is 1. The third-order valence-corrected chi connectivity index (χ3v) is 6.58. The quantitative estimate of drug-likeness (QED) is 0.281. The van der Waals surface area contributed by atoms with E-state index in [0.29, 0.717) is 53.5 Å². The van der Waals surface area contributed by atoms with Crippen molar-refractivity contribution in [3.8, 4) is 29.4 Å². The Morgan fingerprint density at radius 2 is 2.05 bits per heavy atom. The summed E-state index contributed by atoms with van der Waals surface area (Å²) in [6.45, 7) is 5.15. The molecule has 2 aromatic carbocycles. The maximum Gasteiger partial charge on any atom is 0.246 e. The van der Waals surface area contributed by atoms with Gasteiger partial charge in [0.15, 0.2) is 5.65 Å². The number of aromatic nitrogens is 4. The van der Waals surface area contributed by atoms with Crippen molar-refractivity contribution in [3.05, 3.63) is 84.3 Å². The Kier molecular flexibility index (Phi) is 7.89. The smallest absolute Gasteiger partial charge is 0.246 e. The summed E-state index contributed by atoms with van der Waals surface area (Å²) in [5.74, 6) is 7.10. The number of carbonyl (C=O) groups is 1. The number of amides is 1. The molecule has 10 heteroatoms. The molecule has 3 heterocycles. The van der Waals surface area contributed by atoms with Gasteiger partial charge in [0.25, 0.3) is 0 Å². The Balaban J connectivity index is 1.33. The summed E-state index contributed by atoms with van der Waals surface area (Å²) in [6, 6.07) is 16.9. The molecule has 1 aliphatic rings. The Hall–Kier alpha value is -5.35. The first kappa shape index (κ1) is 26.3. The molecule has 200 valence electrons. The first-order valence-corrected chi connectivity index (χ1v) is 12.8. The molecule has 0 spiro atoms. The van der Waals surface area contributed by atoms with E-state index in [2.05, 4.69) is 34.5 Å². The number of anilines is 1. The lowest BCUT2D eigenvalue weighted by atomic mass is 10.1. The van der Waals surface area contributed by atoms with Gasteiger partial charge in [0, 0.05) is 19.2 Å². The molecule has 1 atom stereocenters. The number of nitrogens with two attached hydrogens (primary N) is 1. The van der Waals surface area contributed by atoms with Gasteiger partial charge >= 0.3 is 0 Å². The molecule has 1 saturated heterocycles. The van der Waals surface area contributed by atoms with Crippen molar-refractivity contribution >= 4 is 22.8 Å². The first-order valence-electron chi connectivity index (χ1n) is 12.8. The number of nitrogens with zero attached hydrogens (tertiary/aromatic N) is 6. The van der Waals surface area contributed by atoms with E-state index in [9.17, 15) is 10.1 Å². The molecule has 40 heavy (non-hydrogen) atoms. The zero-order valence-electron chi connectivity index (χ0n) is 21.8. The van der Waals surface area contributed by atoms with Gasteiger partial charge in [-0.05, 0) is 42.5 Å². The van der Waals surface area contributed by atoms with Crippen LogP contribution in [0.25, 0.3) is 11.0 Å². The second-order valence-corrected chi connectivity index (χ2v) is 9.17. The van der Waals surface area contributed by atoms with Gasteiger partial charge in [-0.25, -0.2) is 14.6 Å². The summed E-state index contributed by atoms with van der Waals surface area (Å²) in [5.41, 5.74) is 8.57. The molecule has 5 rings (SSSR count). The lowest BCUT2D eigenvalue weighted by molar-refractivity contribution is -0.127.